The summed E-state index contributed by atoms with van der Waals surface area (Å²) in [5, 5.41) is 0. The molecule has 0 amide bonds. The second-order valence-corrected chi connectivity index (χ2v) is 5.82. The summed E-state index contributed by atoms with van der Waals surface area (Å²) >= 11 is 0. The van der Waals surface area contributed by atoms with E-state index in [1.807, 2.05) is 6.07 Å². The summed E-state index contributed by atoms with van der Waals surface area (Å²) in [5.74, 6) is 1.57. The van der Waals surface area contributed by atoms with E-state index in [-0.39, 0.29) is 5.41 Å². The monoisotopic (exact) mass is 259 g/mol. The van der Waals surface area contributed by atoms with Gasteiger partial charge >= 0.3 is 0 Å². The molecular formula is C17H25NO. The molecule has 0 fully saturated rings. The molecule has 2 atom stereocenters. The standard InChI is InChI=1S/C17H25NO/c1-5-11-19-16-8-6-7-15(12-16)17(3)9-10-18(4)13-14(17)2/h6-10,12,14H,5,11,13H2,1-4H3. The highest BCUT2D eigenvalue weighted by Gasteiger charge is 2.33. The first-order chi connectivity index (χ1) is 9.06. The largest absolute Gasteiger partial charge is 0.494 e. The van der Waals surface area contributed by atoms with Crippen LogP contribution in [0.2, 0.25) is 0 Å². The van der Waals surface area contributed by atoms with Gasteiger partial charge in [-0.05, 0) is 36.2 Å². The number of benzene rings is 1. The Hall–Kier alpha value is -1.44. The Morgan fingerprint density at radius 1 is 1.42 bits per heavy atom. The van der Waals surface area contributed by atoms with Crippen molar-refractivity contribution in [1.82, 2.24) is 4.90 Å². The van der Waals surface area contributed by atoms with E-state index >= 15 is 0 Å². The first-order valence-electron chi connectivity index (χ1n) is 7.19. The summed E-state index contributed by atoms with van der Waals surface area (Å²) in [6.07, 6.45) is 5.56. The van der Waals surface area contributed by atoms with Crippen LogP contribution in [0.5, 0.6) is 5.75 Å². The van der Waals surface area contributed by atoms with Gasteiger partial charge in [-0.25, -0.2) is 0 Å². The number of allylic oxidation sites excluding steroid dienone is 1. The fraction of sp³-hybridized carbons (Fsp3) is 0.529. The Morgan fingerprint density at radius 2 is 2.21 bits per heavy atom. The Kier molecular flexibility index (Phi) is 4.18. The van der Waals surface area contributed by atoms with E-state index in [2.05, 4.69) is 63.2 Å². The summed E-state index contributed by atoms with van der Waals surface area (Å²) in [5.41, 5.74) is 1.44. The van der Waals surface area contributed by atoms with Crippen LogP contribution in [0.1, 0.15) is 32.8 Å². The van der Waals surface area contributed by atoms with Crippen molar-refractivity contribution < 1.29 is 4.74 Å². The first-order valence-corrected chi connectivity index (χ1v) is 7.19. The molecule has 0 N–H and O–H groups in total. The fourth-order valence-electron chi connectivity index (χ4n) is 2.65. The highest BCUT2D eigenvalue weighted by atomic mass is 16.5. The van der Waals surface area contributed by atoms with Crippen molar-refractivity contribution in [3.63, 3.8) is 0 Å². The Bertz CT molecular complexity index is 454. The van der Waals surface area contributed by atoms with Crippen molar-refractivity contribution in [3.05, 3.63) is 42.1 Å². The summed E-state index contributed by atoms with van der Waals surface area (Å²) in [6.45, 7) is 8.65. The third-order valence-corrected chi connectivity index (χ3v) is 4.19. The maximum atomic E-state index is 5.75. The molecule has 0 aromatic heterocycles. The van der Waals surface area contributed by atoms with E-state index in [0.717, 1.165) is 25.3 Å². The van der Waals surface area contributed by atoms with Crippen LogP contribution in [0.4, 0.5) is 0 Å². The van der Waals surface area contributed by atoms with E-state index < -0.39 is 0 Å². The van der Waals surface area contributed by atoms with Crippen molar-refractivity contribution in [1.29, 1.82) is 0 Å². The van der Waals surface area contributed by atoms with Gasteiger partial charge in [-0.3, -0.25) is 0 Å². The molecule has 2 heteroatoms. The summed E-state index contributed by atoms with van der Waals surface area (Å²) in [6, 6.07) is 8.56. The molecule has 0 spiro atoms. The number of hydrogen-bond donors (Lipinski definition) is 0. The Balaban J connectivity index is 2.27. The molecule has 1 aliphatic heterocycles. The van der Waals surface area contributed by atoms with Crippen LogP contribution < -0.4 is 4.74 Å². The average Bonchev–Trinajstić information content (AvgIpc) is 2.41. The SMILES string of the molecule is CCCOc1cccc(C2(C)C=CN(C)CC2C)c1. The lowest BCUT2D eigenvalue weighted by Gasteiger charge is -2.40. The summed E-state index contributed by atoms with van der Waals surface area (Å²) < 4.78 is 5.75. The minimum atomic E-state index is 0.0953. The van der Waals surface area contributed by atoms with Gasteiger partial charge in [0.1, 0.15) is 5.75 Å². The average molecular weight is 259 g/mol. The van der Waals surface area contributed by atoms with Gasteiger partial charge < -0.3 is 9.64 Å². The zero-order valence-corrected chi connectivity index (χ0v) is 12.5. The minimum Gasteiger partial charge on any atom is -0.494 e. The van der Waals surface area contributed by atoms with Crippen molar-refractivity contribution in [2.45, 2.75) is 32.6 Å². The Morgan fingerprint density at radius 3 is 2.89 bits per heavy atom. The van der Waals surface area contributed by atoms with Gasteiger partial charge in [-0.15, -0.1) is 0 Å². The summed E-state index contributed by atoms with van der Waals surface area (Å²) in [7, 11) is 2.13. The molecule has 1 aromatic carbocycles. The number of ether oxygens (including phenoxy) is 1. The number of nitrogens with zero attached hydrogens (tertiary/aromatic N) is 1. The van der Waals surface area contributed by atoms with Crippen LogP contribution in [0.25, 0.3) is 0 Å². The van der Waals surface area contributed by atoms with Gasteiger partial charge in [0.05, 0.1) is 6.61 Å². The van der Waals surface area contributed by atoms with E-state index in [4.69, 9.17) is 4.74 Å². The second kappa shape index (κ2) is 5.68. The smallest absolute Gasteiger partial charge is 0.119 e. The maximum absolute atomic E-state index is 5.75. The lowest BCUT2D eigenvalue weighted by molar-refractivity contribution is 0.263. The van der Waals surface area contributed by atoms with Crippen molar-refractivity contribution >= 4 is 0 Å². The lowest BCUT2D eigenvalue weighted by atomic mass is 9.71. The van der Waals surface area contributed by atoms with Crippen molar-refractivity contribution in [2.75, 3.05) is 20.2 Å². The van der Waals surface area contributed by atoms with E-state index in [1.54, 1.807) is 0 Å². The van der Waals surface area contributed by atoms with Crippen LogP contribution >= 0.6 is 0 Å². The third-order valence-electron chi connectivity index (χ3n) is 4.19. The van der Waals surface area contributed by atoms with Crippen LogP contribution in [-0.2, 0) is 5.41 Å². The van der Waals surface area contributed by atoms with Crippen LogP contribution in [0.3, 0.4) is 0 Å². The Labute approximate surface area is 117 Å². The number of rotatable bonds is 4. The molecule has 2 unspecified atom stereocenters. The zero-order chi connectivity index (χ0) is 13.9. The van der Waals surface area contributed by atoms with Crippen LogP contribution in [-0.4, -0.2) is 25.1 Å². The van der Waals surface area contributed by atoms with Gasteiger partial charge in [0.25, 0.3) is 0 Å². The molecular weight excluding hydrogens is 234 g/mol. The van der Waals surface area contributed by atoms with Gasteiger partial charge in [0.15, 0.2) is 0 Å². The quantitative estimate of drug-likeness (QED) is 0.815. The van der Waals surface area contributed by atoms with E-state index in [0.29, 0.717) is 5.92 Å². The molecule has 0 bridgehead atoms. The molecule has 0 saturated heterocycles. The molecule has 0 radical (unpaired) electrons. The molecule has 0 aliphatic carbocycles. The molecule has 104 valence electrons. The minimum absolute atomic E-state index is 0.0953. The first kappa shape index (κ1) is 14.0. The molecule has 2 rings (SSSR count). The molecule has 2 nitrogen and oxygen atoms in total. The zero-order valence-electron chi connectivity index (χ0n) is 12.5. The predicted octanol–water partition coefficient (Wildman–Crippen LogP) is 3.83. The van der Waals surface area contributed by atoms with E-state index in [1.165, 1.54) is 5.56 Å². The van der Waals surface area contributed by atoms with Gasteiger partial charge in [0.2, 0.25) is 0 Å². The van der Waals surface area contributed by atoms with Gasteiger partial charge in [-0.2, -0.15) is 0 Å². The lowest BCUT2D eigenvalue weighted by Crippen LogP contribution is -2.39. The topological polar surface area (TPSA) is 12.5 Å². The third kappa shape index (κ3) is 2.94. The van der Waals surface area contributed by atoms with Gasteiger partial charge in [-0.1, -0.05) is 39.0 Å². The van der Waals surface area contributed by atoms with Crippen LogP contribution in [0, 0.1) is 5.92 Å². The maximum Gasteiger partial charge on any atom is 0.119 e. The normalized spacial score (nSPS) is 26.5. The highest BCUT2D eigenvalue weighted by molar-refractivity contribution is 5.38. The molecule has 0 saturated carbocycles. The highest BCUT2D eigenvalue weighted by Crippen LogP contribution is 2.37. The molecule has 1 aromatic rings. The molecule has 1 heterocycles. The summed E-state index contributed by atoms with van der Waals surface area (Å²) in [4.78, 5) is 2.25. The van der Waals surface area contributed by atoms with E-state index in [9.17, 15) is 0 Å². The molecule has 19 heavy (non-hydrogen) atoms. The second-order valence-electron chi connectivity index (χ2n) is 5.82. The number of hydrogen-bond acceptors (Lipinski definition) is 2. The molecule has 1 aliphatic rings. The van der Waals surface area contributed by atoms with Gasteiger partial charge in [0, 0.05) is 19.0 Å². The fourth-order valence-corrected chi connectivity index (χ4v) is 2.65. The predicted molar refractivity (Wildman–Crippen MR) is 80.5 cm³/mol. The van der Waals surface area contributed by atoms with Crippen molar-refractivity contribution in [2.24, 2.45) is 5.92 Å². The van der Waals surface area contributed by atoms with Crippen LogP contribution in [0.15, 0.2) is 36.5 Å². The van der Waals surface area contributed by atoms with Crippen molar-refractivity contribution in [3.8, 4) is 5.75 Å².